The molecule has 0 spiro atoms. The molecule has 0 aromatic heterocycles. The van der Waals surface area contributed by atoms with E-state index >= 15 is 0 Å². The van der Waals surface area contributed by atoms with E-state index in [1.807, 2.05) is 12.1 Å². The first-order valence-corrected chi connectivity index (χ1v) is 7.14. The number of carbonyl (C=O) groups is 1. The molecule has 0 aliphatic heterocycles. The van der Waals surface area contributed by atoms with E-state index in [0.29, 0.717) is 30.5 Å². The molecule has 0 fully saturated rings. The van der Waals surface area contributed by atoms with Crippen molar-refractivity contribution < 1.29 is 9.53 Å². The zero-order valence-electron chi connectivity index (χ0n) is 11.6. The minimum atomic E-state index is 0.0932. The zero-order valence-corrected chi connectivity index (χ0v) is 12.4. The van der Waals surface area contributed by atoms with Crippen LogP contribution in [0.3, 0.4) is 0 Å². The average Bonchev–Trinajstić information content (AvgIpc) is 2.35. The largest absolute Gasteiger partial charge is 0.492 e. The first-order valence-electron chi connectivity index (χ1n) is 6.77. The highest BCUT2D eigenvalue weighted by Crippen LogP contribution is 2.16. The summed E-state index contributed by atoms with van der Waals surface area (Å²) in [7, 11) is 0. The summed E-state index contributed by atoms with van der Waals surface area (Å²) in [6, 6.07) is 7.23. The number of benzene rings is 1. The molecule has 106 valence electrons. The summed E-state index contributed by atoms with van der Waals surface area (Å²) in [6.07, 6.45) is 2.80. The Kier molecular flexibility index (Phi) is 7.34. The SMILES string of the molecule is CCCC(C)CC(=O)NCCOc1cccc(Cl)c1. The van der Waals surface area contributed by atoms with Crippen LogP contribution in [0, 0.1) is 5.92 Å². The van der Waals surface area contributed by atoms with E-state index in [-0.39, 0.29) is 5.91 Å². The monoisotopic (exact) mass is 283 g/mol. The summed E-state index contributed by atoms with van der Waals surface area (Å²) in [4.78, 5) is 11.6. The van der Waals surface area contributed by atoms with Gasteiger partial charge in [0.15, 0.2) is 0 Å². The molecule has 0 radical (unpaired) electrons. The van der Waals surface area contributed by atoms with Gasteiger partial charge >= 0.3 is 0 Å². The van der Waals surface area contributed by atoms with E-state index in [0.717, 1.165) is 18.6 Å². The molecule has 19 heavy (non-hydrogen) atoms. The number of hydrogen-bond acceptors (Lipinski definition) is 2. The highest BCUT2D eigenvalue weighted by molar-refractivity contribution is 6.30. The molecule has 0 aliphatic carbocycles. The van der Waals surface area contributed by atoms with Crippen LogP contribution in [-0.4, -0.2) is 19.1 Å². The Morgan fingerprint density at radius 2 is 2.26 bits per heavy atom. The predicted molar refractivity (Wildman–Crippen MR) is 78.6 cm³/mol. The molecule has 4 heteroatoms. The molecule has 1 aromatic rings. The molecule has 0 heterocycles. The number of ether oxygens (including phenoxy) is 1. The van der Waals surface area contributed by atoms with Gasteiger partial charge < -0.3 is 10.1 Å². The predicted octanol–water partition coefficient (Wildman–Crippen LogP) is 3.66. The van der Waals surface area contributed by atoms with E-state index in [1.165, 1.54) is 0 Å². The third-order valence-electron chi connectivity index (χ3n) is 2.80. The lowest BCUT2D eigenvalue weighted by Crippen LogP contribution is -2.29. The maximum atomic E-state index is 11.6. The van der Waals surface area contributed by atoms with E-state index in [4.69, 9.17) is 16.3 Å². The number of nitrogens with one attached hydrogen (secondary N) is 1. The summed E-state index contributed by atoms with van der Waals surface area (Å²) in [5.74, 6) is 1.26. The van der Waals surface area contributed by atoms with Gasteiger partial charge in [0.05, 0.1) is 6.54 Å². The number of amides is 1. The van der Waals surface area contributed by atoms with Gasteiger partial charge in [-0.05, 0) is 24.1 Å². The van der Waals surface area contributed by atoms with Gasteiger partial charge in [0, 0.05) is 11.4 Å². The van der Waals surface area contributed by atoms with Crippen molar-refractivity contribution in [3.63, 3.8) is 0 Å². The Bertz CT molecular complexity index is 395. The van der Waals surface area contributed by atoms with Crippen molar-refractivity contribution in [3.05, 3.63) is 29.3 Å². The van der Waals surface area contributed by atoms with Crippen molar-refractivity contribution >= 4 is 17.5 Å². The van der Waals surface area contributed by atoms with Crippen molar-refractivity contribution in [2.45, 2.75) is 33.1 Å². The smallest absolute Gasteiger partial charge is 0.220 e. The zero-order chi connectivity index (χ0) is 14.1. The Morgan fingerprint density at radius 3 is 2.95 bits per heavy atom. The molecular weight excluding hydrogens is 262 g/mol. The summed E-state index contributed by atoms with van der Waals surface area (Å²) in [5.41, 5.74) is 0. The molecule has 3 nitrogen and oxygen atoms in total. The molecule has 1 unspecified atom stereocenters. The van der Waals surface area contributed by atoms with Crippen LogP contribution in [0.1, 0.15) is 33.1 Å². The van der Waals surface area contributed by atoms with Crippen LogP contribution in [0.25, 0.3) is 0 Å². The van der Waals surface area contributed by atoms with E-state index < -0.39 is 0 Å². The number of carbonyl (C=O) groups excluding carboxylic acids is 1. The standard InChI is InChI=1S/C15H22ClNO2/c1-3-5-12(2)10-15(18)17-8-9-19-14-7-4-6-13(16)11-14/h4,6-7,11-12H,3,5,8-10H2,1-2H3,(H,17,18). The lowest BCUT2D eigenvalue weighted by Gasteiger charge is -2.11. The average molecular weight is 284 g/mol. The quantitative estimate of drug-likeness (QED) is 0.740. The second kappa shape index (κ2) is 8.81. The lowest BCUT2D eigenvalue weighted by atomic mass is 10.0. The second-order valence-electron chi connectivity index (χ2n) is 4.75. The second-order valence-corrected chi connectivity index (χ2v) is 5.19. The molecule has 0 saturated carbocycles. The fourth-order valence-electron chi connectivity index (χ4n) is 1.90. The fourth-order valence-corrected chi connectivity index (χ4v) is 2.08. The third-order valence-corrected chi connectivity index (χ3v) is 3.04. The highest BCUT2D eigenvalue weighted by Gasteiger charge is 2.07. The minimum Gasteiger partial charge on any atom is -0.492 e. The molecule has 1 atom stereocenters. The van der Waals surface area contributed by atoms with E-state index in [1.54, 1.807) is 12.1 Å². The fraction of sp³-hybridized carbons (Fsp3) is 0.533. The summed E-state index contributed by atoms with van der Waals surface area (Å²) >= 11 is 5.85. The van der Waals surface area contributed by atoms with Crippen LogP contribution < -0.4 is 10.1 Å². The van der Waals surface area contributed by atoms with E-state index in [9.17, 15) is 4.79 Å². The Labute approximate surface area is 120 Å². The number of halogens is 1. The van der Waals surface area contributed by atoms with Crippen molar-refractivity contribution in [3.8, 4) is 5.75 Å². The summed E-state index contributed by atoms with van der Waals surface area (Å²) in [5, 5.41) is 3.51. The maximum Gasteiger partial charge on any atom is 0.220 e. The van der Waals surface area contributed by atoms with Crippen molar-refractivity contribution in [2.24, 2.45) is 5.92 Å². The first-order chi connectivity index (χ1) is 9.11. The van der Waals surface area contributed by atoms with Gasteiger partial charge in [-0.1, -0.05) is 44.4 Å². The lowest BCUT2D eigenvalue weighted by molar-refractivity contribution is -0.122. The van der Waals surface area contributed by atoms with Crippen molar-refractivity contribution in [1.82, 2.24) is 5.32 Å². The van der Waals surface area contributed by atoms with Crippen LogP contribution in [0.5, 0.6) is 5.75 Å². The van der Waals surface area contributed by atoms with E-state index in [2.05, 4.69) is 19.2 Å². The van der Waals surface area contributed by atoms with Crippen molar-refractivity contribution in [2.75, 3.05) is 13.2 Å². The summed E-state index contributed by atoms with van der Waals surface area (Å²) in [6.45, 7) is 5.21. The molecule has 0 saturated heterocycles. The Morgan fingerprint density at radius 1 is 1.47 bits per heavy atom. The van der Waals surface area contributed by atoms with Crippen LogP contribution in [0.15, 0.2) is 24.3 Å². The van der Waals surface area contributed by atoms with Gasteiger partial charge in [0.2, 0.25) is 5.91 Å². The molecule has 1 N–H and O–H groups in total. The Hall–Kier alpha value is -1.22. The Balaban J connectivity index is 2.15. The third kappa shape index (κ3) is 7.06. The van der Waals surface area contributed by atoms with Crippen LogP contribution in [-0.2, 0) is 4.79 Å². The maximum absolute atomic E-state index is 11.6. The molecular formula is C15H22ClNO2. The topological polar surface area (TPSA) is 38.3 Å². The molecule has 0 bridgehead atoms. The van der Waals surface area contributed by atoms with Gasteiger partial charge in [-0.25, -0.2) is 0 Å². The normalized spacial score (nSPS) is 11.9. The molecule has 1 rings (SSSR count). The number of rotatable bonds is 8. The first kappa shape index (κ1) is 15.8. The van der Waals surface area contributed by atoms with Gasteiger partial charge in [-0.15, -0.1) is 0 Å². The van der Waals surface area contributed by atoms with Crippen molar-refractivity contribution in [1.29, 1.82) is 0 Å². The molecule has 1 aromatic carbocycles. The van der Waals surface area contributed by atoms with Crippen LogP contribution >= 0.6 is 11.6 Å². The molecule has 1 amide bonds. The minimum absolute atomic E-state index is 0.0932. The van der Waals surface area contributed by atoms with Gasteiger partial charge in [0.25, 0.3) is 0 Å². The summed E-state index contributed by atoms with van der Waals surface area (Å²) < 4.78 is 5.49. The number of hydrogen-bond donors (Lipinski definition) is 1. The molecule has 0 aliphatic rings. The highest BCUT2D eigenvalue weighted by atomic mass is 35.5. The van der Waals surface area contributed by atoms with Gasteiger partial charge in [-0.2, -0.15) is 0 Å². The van der Waals surface area contributed by atoms with Gasteiger partial charge in [-0.3, -0.25) is 4.79 Å². The van der Waals surface area contributed by atoms with Gasteiger partial charge in [0.1, 0.15) is 12.4 Å². The van der Waals surface area contributed by atoms with Crippen LogP contribution in [0.4, 0.5) is 0 Å². The van der Waals surface area contributed by atoms with Crippen LogP contribution in [0.2, 0.25) is 5.02 Å².